The van der Waals surface area contributed by atoms with E-state index in [1.54, 1.807) is 0 Å². The van der Waals surface area contributed by atoms with Gasteiger partial charge >= 0.3 is 0 Å². The van der Waals surface area contributed by atoms with Gasteiger partial charge in [0.2, 0.25) is 11.4 Å². The number of hydrogen-bond acceptors (Lipinski definition) is 0. The maximum atomic E-state index is 2.34. The Hall–Kier alpha value is -3.71. The molecule has 0 aliphatic heterocycles. The summed E-state index contributed by atoms with van der Waals surface area (Å²) in [7, 11) is 0. The second kappa shape index (κ2) is 7.61. The molecule has 5 rings (SSSR count). The molecule has 0 unspecified atom stereocenters. The highest BCUT2D eigenvalue weighted by Gasteiger charge is 2.25. The number of aromatic nitrogens is 1. The molecule has 0 amide bonds. The fraction of sp³-hybridized carbons (Fsp3) is 0.0690. The van der Waals surface area contributed by atoms with Gasteiger partial charge in [-0.25, -0.2) is 0 Å². The zero-order valence-corrected chi connectivity index (χ0v) is 17.3. The van der Waals surface area contributed by atoms with Crippen LogP contribution >= 0.6 is 0 Å². The summed E-state index contributed by atoms with van der Waals surface area (Å²) < 4.78 is 2.34. The van der Waals surface area contributed by atoms with Crippen molar-refractivity contribution in [3.8, 4) is 28.1 Å². The molecule has 0 spiro atoms. The van der Waals surface area contributed by atoms with Crippen molar-refractivity contribution in [1.29, 1.82) is 0 Å². The first kappa shape index (κ1) is 18.3. The quantitative estimate of drug-likeness (QED) is 0.292. The Balaban J connectivity index is 1.95. The van der Waals surface area contributed by atoms with Crippen LogP contribution in [0.3, 0.4) is 0 Å². The number of para-hydroxylation sites is 1. The monoisotopic (exact) mass is 386 g/mol. The van der Waals surface area contributed by atoms with E-state index >= 15 is 0 Å². The third-order valence-electron chi connectivity index (χ3n) is 5.68. The lowest BCUT2D eigenvalue weighted by atomic mass is 9.92. The summed E-state index contributed by atoms with van der Waals surface area (Å²) in [6.07, 6.45) is 2.26. The van der Waals surface area contributed by atoms with Crippen LogP contribution in [0.4, 0.5) is 0 Å². The SMILES string of the molecule is Cc1ccc(-c2c(-c3ccc(C)cc3)[n+](-c3ccccc3)cc3ccccc23)cc1. The maximum absolute atomic E-state index is 2.34. The first-order valence-electron chi connectivity index (χ1n) is 10.4. The van der Waals surface area contributed by atoms with Gasteiger partial charge in [0.15, 0.2) is 6.20 Å². The van der Waals surface area contributed by atoms with Crippen LogP contribution in [-0.2, 0) is 0 Å². The first-order valence-corrected chi connectivity index (χ1v) is 10.4. The fourth-order valence-electron chi connectivity index (χ4n) is 4.09. The van der Waals surface area contributed by atoms with E-state index in [-0.39, 0.29) is 0 Å². The normalized spacial score (nSPS) is 11.0. The molecule has 0 N–H and O–H groups in total. The van der Waals surface area contributed by atoms with Gasteiger partial charge in [-0.1, -0.05) is 83.9 Å². The van der Waals surface area contributed by atoms with Crippen molar-refractivity contribution in [3.05, 3.63) is 120 Å². The van der Waals surface area contributed by atoms with Gasteiger partial charge in [-0.3, -0.25) is 0 Å². The van der Waals surface area contributed by atoms with Crippen LogP contribution in [0, 0.1) is 13.8 Å². The highest BCUT2D eigenvalue weighted by atomic mass is 15.0. The lowest BCUT2D eigenvalue weighted by Crippen LogP contribution is -2.34. The van der Waals surface area contributed by atoms with E-state index in [1.807, 2.05) is 0 Å². The number of aryl methyl sites for hydroxylation is 2. The zero-order chi connectivity index (χ0) is 20.5. The average molecular weight is 387 g/mol. The van der Waals surface area contributed by atoms with Gasteiger partial charge in [0.1, 0.15) is 0 Å². The van der Waals surface area contributed by atoms with Gasteiger partial charge in [-0.2, -0.15) is 4.57 Å². The van der Waals surface area contributed by atoms with E-state index in [0.717, 1.165) is 5.69 Å². The molecule has 144 valence electrons. The van der Waals surface area contributed by atoms with Crippen molar-refractivity contribution in [2.45, 2.75) is 13.8 Å². The predicted molar refractivity (Wildman–Crippen MR) is 126 cm³/mol. The van der Waals surface area contributed by atoms with E-state index in [9.17, 15) is 0 Å². The van der Waals surface area contributed by atoms with Crippen molar-refractivity contribution in [1.82, 2.24) is 0 Å². The Labute approximate surface area is 177 Å². The minimum atomic E-state index is 1.16. The Bertz CT molecular complexity index is 1320. The van der Waals surface area contributed by atoms with Crippen LogP contribution in [0.5, 0.6) is 0 Å². The Morgan fingerprint density at radius 1 is 0.533 bits per heavy atom. The molecular weight excluding hydrogens is 362 g/mol. The molecule has 0 fully saturated rings. The highest BCUT2D eigenvalue weighted by molar-refractivity contribution is 6.01. The number of benzene rings is 4. The largest absolute Gasteiger partial charge is 0.226 e. The topological polar surface area (TPSA) is 3.88 Å². The van der Waals surface area contributed by atoms with E-state index in [2.05, 4.69) is 128 Å². The molecule has 30 heavy (non-hydrogen) atoms. The van der Waals surface area contributed by atoms with Crippen LogP contribution in [0.25, 0.3) is 38.8 Å². The summed E-state index contributed by atoms with van der Waals surface area (Å²) in [4.78, 5) is 0. The van der Waals surface area contributed by atoms with Crippen LogP contribution in [-0.4, -0.2) is 0 Å². The third kappa shape index (κ3) is 3.29. The first-order chi connectivity index (χ1) is 14.7. The van der Waals surface area contributed by atoms with Gasteiger partial charge < -0.3 is 0 Å². The summed E-state index contributed by atoms with van der Waals surface area (Å²) in [5, 5.41) is 2.50. The van der Waals surface area contributed by atoms with E-state index in [1.165, 1.54) is 44.3 Å². The lowest BCUT2D eigenvalue weighted by molar-refractivity contribution is -0.581. The van der Waals surface area contributed by atoms with Crippen molar-refractivity contribution in [3.63, 3.8) is 0 Å². The molecule has 0 radical (unpaired) electrons. The molecule has 4 aromatic carbocycles. The lowest BCUT2D eigenvalue weighted by Gasteiger charge is -2.14. The molecule has 1 heteroatoms. The highest BCUT2D eigenvalue weighted by Crippen LogP contribution is 2.36. The van der Waals surface area contributed by atoms with Gasteiger partial charge in [0, 0.05) is 28.5 Å². The summed E-state index contributed by atoms with van der Waals surface area (Å²) in [5.41, 5.74) is 8.62. The average Bonchev–Trinajstić information content (AvgIpc) is 2.80. The molecule has 0 saturated heterocycles. The Kier molecular flexibility index (Phi) is 4.65. The molecule has 0 bridgehead atoms. The van der Waals surface area contributed by atoms with E-state index < -0.39 is 0 Å². The predicted octanol–water partition coefficient (Wildman–Crippen LogP) is 7.07. The minimum Gasteiger partial charge on any atom is -0.159 e. The number of nitrogens with zero attached hydrogens (tertiary/aromatic N) is 1. The van der Waals surface area contributed by atoms with Crippen molar-refractivity contribution >= 4 is 10.8 Å². The molecule has 1 aromatic heterocycles. The molecule has 1 heterocycles. The fourth-order valence-corrected chi connectivity index (χ4v) is 4.09. The van der Waals surface area contributed by atoms with Crippen molar-refractivity contribution < 1.29 is 4.57 Å². The number of pyridine rings is 1. The smallest absolute Gasteiger partial charge is 0.159 e. The molecule has 5 aromatic rings. The minimum absolute atomic E-state index is 1.16. The van der Waals surface area contributed by atoms with E-state index in [4.69, 9.17) is 0 Å². The number of hydrogen-bond donors (Lipinski definition) is 0. The van der Waals surface area contributed by atoms with Crippen LogP contribution in [0.2, 0.25) is 0 Å². The molecule has 0 saturated carbocycles. The standard InChI is InChI=1S/C29H24N/c1-21-12-16-23(17-13-21)28-27-11-7-6-8-25(27)20-30(26-9-4-3-5-10-26)29(28)24-18-14-22(2)15-19-24/h3-20H,1-2H3/q+1. The summed E-state index contributed by atoms with van der Waals surface area (Å²) in [5.74, 6) is 0. The van der Waals surface area contributed by atoms with Gasteiger partial charge in [0.05, 0.1) is 5.56 Å². The molecule has 0 atom stereocenters. The van der Waals surface area contributed by atoms with Crippen molar-refractivity contribution in [2.24, 2.45) is 0 Å². The Morgan fingerprint density at radius 3 is 1.77 bits per heavy atom. The van der Waals surface area contributed by atoms with Gasteiger partial charge in [-0.15, -0.1) is 0 Å². The number of fused-ring (bicyclic) bond motifs is 1. The molecule has 0 aliphatic rings. The van der Waals surface area contributed by atoms with Gasteiger partial charge in [-0.05, 0) is 37.6 Å². The third-order valence-corrected chi connectivity index (χ3v) is 5.68. The maximum Gasteiger partial charge on any atom is 0.226 e. The number of rotatable bonds is 3. The second-order valence-electron chi connectivity index (χ2n) is 7.88. The van der Waals surface area contributed by atoms with E-state index in [0.29, 0.717) is 0 Å². The Morgan fingerprint density at radius 2 is 1.10 bits per heavy atom. The van der Waals surface area contributed by atoms with Crippen molar-refractivity contribution in [2.75, 3.05) is 0 Å². The molecular formula is C29H24N+. The second-order valence-corrected chi connectivity index (χ2v) is 7.88. The van der Waals surface area contributed by atoms with Crippen LogP contribution in [0.15, 0.2) is 109 Å². The van der Waals surface area contributed by atoms with Crippen LogP contribution < -0.4 is 4.57 Å². The summed E-state index contributed by atoms with van der Waals surface area (Å²) >= 11 is 0. The molecule has 1 nitrogen and oxygen atoms in total. The van der Waals surface area contributed by atoms with Gasteiger partial charge in [0.25, 0.3) is 0 Å². The molecule has 0 aliphatic carbocycles. The summed E-state index contributed by atoms with van der Waals surface area (Å²) in [6.45, 7) is 4.27. The zero-order valence-electron chi connectivity index (χ0n) is 17.3. The summed E-state index contributed by atoms with van der Waals surface area (Å²) in [6, 6.07) is 37.0. The van der Waals surface area contributed by atoms with Crippen LogP contribution in [0.1, 0.15) is 11.1 Å².